The van der Waals surface area contributed by atoms with Gasteiger partial charge in [-0.2, -0.15) is 0 Å². The van der Waals surface area contributed by atoms with E-state index in [9.17, 15) is 4.79 Å². The van der Waals surface area contributed by atoms with E-state index in [-0.39, 0.29) is 0 Å². The number of hydrogen-bond donors (Lipinski definition) is 0. The highest BCUT2D eigenvalue weighted by molar-refractivity contribution is 7.13. The smallest absolute Gasteiger partial charge is 0.162 e. The molecule has 0 N–H and O–H groups in total. The van der Waals surface area contributed by atoms with Gasteiger partial charge in [-0.15, -0.1) is 11.3 Å². The molecule has 0 radical (unpaired) electrons. The van der Waals surface area contributed by atoms with Gasteiger partial charge >= 0.3 is 0 Å². The van der Waals surface area contributed by atoms with Crippen molar-refractivity contribution in [2.75, 3.05) is 0 Å². The summed E-state index contributed by atoms with van der Waals surface area (Å²) >= 11 is 1.44. The fourth-order valence-corrected chi connectivity index (χ4v) is 2.52. The number of aryl methyl sites for hydroxylation is 1. The van der Waals surface area contributed by atoms with E-state index in [1.54, 1.807) is 0 Å². The zero-order valence-corrected chi connectivity index (χ0v) is 11.0. The van der Waals surface area contributed by atoms with Gasteiger partial charge in [-0.1, -0.05) is 38.1 Å². The Bertz CT molecular complexity index is 526. The molecule has 0 aliphatic rings. The number of aromatic nitrogens is 1. The van der Waals surface area contributed by atoms with Crippen LogP contribution in [0.1, 0.15) is 40.0 Å². The fourth-order valence-electron chi connectivity index (χ4n) is 1.76. The second-order valence-corrected chi connectivity index (χ2v) is 5.58. The van der Waals surface area contributed by atoms with Crippen LogP contribution in [0.25, 0.3) is 11.3 Å². The lowest BCUT2D eigenvalue weighted by molar-refractivity contribution is 0.112. The molecule has 1 heterocycles. The average Bonchev–Trinajstić information content (AvgIpc) is 2.70. The standard InChI is InChI=1S/C14H15NOS/c1-9(2)11-4-6-12(7-5-11)14-13(8-16)17-10(3)15-14/h4-9H,1-3H3. The molecule has 1 aromatic carbocycles. The summed E-state index contributed by atoms with van der Waals surface area (Å²) in [5.74, 6) is 0.520. The quantitative estimate of drug-likeness (QED) is 0.763. The summed E-state index contributed by atoms with van der Waals surface area (Å²) in [6, 6.07) is 8.28. The maximum atomic E-state index is 11.0. The first-order valence-corrected chi connectivity index (χ1v) is 6.46. The van der Waals surface area contributed by atoms with E-state index >= 15 is 0 Å². The molecule has 0 atom stereocenters. The summed E-state index contributed by atoms with van der Waals surface area (Å²) in [5.41, 5.74) is 3.12. The summed E-state index contributed by atoms with van der Waals surface area (Å²) in [6.45, 7) is 6.25. The summed E-state index contributed by atoms with van der Waals surface area (Å²) in [4.78, 5) is 16.1. The first kappa shape index (κ1) is 12.0. The van der Waals surface area contributed by atoms with Gasteiger partial charge in [-0.25, -0.2) is 4.98 Å². The largest absolute Gasteiger partial charge is 0.297 e. The van der Waals surface area contributed by atoms with Gasteiger partial charge in [0.1, 0.15) is 0 Å². The Labute approximate surface area is 105 Å². The molecule has 2 rings (SSSR count). The molecule has 0 amide bonds. The maximum Gasteiger partial charge on any atom is 0.162 e. The van der Waals surface area contributed by atoms with Crippen LogP contribution in [0.4, 0.5) is 0 Å². The van der Waals surface area contributed by atoms with Gasteiger partial charge in [0.15, 0.2) is 6.29 Å². The summed E-state index contributed by atoms with van der Waals surface area (Å²) in [5, 5.41) is 0.926. The zero-order chi connectivity index (χ0) is 12.4. The van der Waals surface area contributed by atoms with Crippen LogP contribution in [0.2, 0.25) is 0 Å². The molecule has 2 nitrogen and oxygen atoms in total. The predicted octanol–water partition coefficient (Wildman–Crippen LogP) is 4.05. The molecule has 0 saturated heterocycles. The fraction of sp³-hybridized carbons (Fsp3) is 0.286. The van der Waals surface area contributed by atoms with Crippen molar-refractivity contribution in [3.05, 3.63) is 39.7 Å². The maximum absolute atomic E-state index is 11.0. The highest BCUT2D eigenvalue weighted by Crippen LogP contribution is 2.27. The Hall–Kier alpha value is -1.48. The number of carbonyl (C=O) groups excluding carboxylic acids is 1. The lowest BCUT2D eigenvalue weighted by atomic mass is 10.0. The number of carbonyl (C=O) groups is 1. The minimum atomic E-state index is 0.520. The molecule has 0 unspecified atom stereocenters. The Morgan fingerprint density at radius 3 is 2.41 bits per heavy atom. The third-order valence-electron chi connectivity index (χ3n) is 2.72. The van der Waals surface area contributed by atoms with Gasteiger partial charge in [0, 0.05) is 5.56 Å². The van der Waals surface area contributed by atoms with Gasteiger partial charge in [0.25, 0.3) is 0 Å². The summed E-state index contributed by atoms with van der Waals surface area (Å²) in [7, 11) is 0. The van der Waals surface area contributed by atoms with E-state index in [4.69, 9.17) is 0 Å². The third-order valence-corrected chi connectivity index (χ3v) is 3.61. The molecule has 2 aromatic rings. The molecule has 17 heavy (non-hydrogen) atoms. The van der Waals surface area contributed by atoms with Gasteiger partial charge in [-0.3, -0.25) is 4.79 Å². The minimum Gasteiger partial charge on any atom is -0.297 e. The van der Waals surface area contributed by atoms with Crippen LogP contribution < -0.4 is 0 Å². The average molecular weight is 245 g/mol. The molecular formula is C14H15NOS. The molecule has 88 valence electrons. The van der Waals surface area contributed by atoms with Crippen molar-refractivity contribution < 1.29 is 4.79 Å². The zero-order valence-electron chi connectivity index (χ0n) is 10.2. The number of hydrogen-bond acceptors (Lipinski definition) is 3. The highest BCUT2D eigenvalue weighted by atomic mass is 32.1. The summed E-state index contributed by atoms with van der Waals surface area (Å²) < 4.78 is 0. The highest BCUT2D eigenvalue weighted by Gasteiger charge is 2.10. The first-order chi connectivity index (χ1) is 8.11. The minimum absolute atomic E-state index is 0.520. The van der Waals surface area contributed by atoms with E-state index in [0.29, 0.717) is 10.8 Å². The normalized spacial score (nSPS) is 10.8. The second-order valence-electron chi connectivity index (χ2n) is 4.34. The van der Waals surface area contributed by atoms with Crippen molar-refractivity contribution >= 4 is 17.6 Å². The number of benzene rings is 1. The van der Waals surface area contributed by atoms with Gasteiger partial charge in [0.05, 0.1) is 15.6 Å². The van der Waals surface area contributed by atoms with Crippen molar-refractivity contribution in [1.82, 2.24) is 4.98 Å². The van der Waals surface area contributed by atoms with Crippen LogP contribution in [0.5, 0.6) is 0 Å². The molecule has 0 saturated carbocycles. The monoisotopic (exact) mass is 245 g/mol. The van der Waals surface area contributed by atoms with Crippen molar-refractivity contribution in [1.29, 1.82) is 0 Å². The van der Waals surface area contributed by atoms with Crippen molar-refractivity contribution in [3.63, 3.8) is 0 Å². The number of rotatable bonds is 3. The lowest BCUT2D eigenvalue weighted by Gasteiger charge is -2.05. The molecule has 0 aliphatic carbocycles. The molecule has 0 bridgehead atoms. The molecular weight excluding hydrogens is 230 g/mol. The second kappa shape index (κ2) is 4.80. The number of nitrogens with zero attached hydrogens (tertiary/aromatic N) is 1. The van der Waals surface area contributed by atoms with E-state index in [2.05, 4.69) is 31.0 Å². The van der Waals surface area contributed by atoms with E-state index in [0.717, 1.165) is 22.6 Å². The number of thiazole rings is 1. The van der Waals surface area contributed by atoms with E-state index < -0.39 is 0 Å². The lowest BCUT2D eigenvalue weighted by Crippen LogP contribution is -1.88. The van der Waals surface area contributed by atoms with Crippen LogP contribution in [0.15, 0.2) is 24.3 Å². The Kier molecular flexibility index (Phi) is 3.38. The molecule has 0 fully saturated rings. The van der Waals surface area contributed by atoms with Crippen LogP contribution in [0, 0.1) is 6.92 Å². The van der Waals surface area contributed by atoms with Crippen molar-refractivity contribution in [2.45, 2.75) is 26.7 Å². The van der Waals surface area contributed by atoms with Crippen molar-refractivity contribution in [2.24, 2.45) is 0 Å². The Morgan fingerprint density at radius 2 is 1.88 bits per heavy atom. The van der Waals surface area contributed by atoms with Crippen LogP contribution >= 0.6 is 11.3 Å². The van der Waals surface area contributed by atoms with Gasteiger partial charge in [-0.05, 0) is 18.4 Å². The van der Waals surface area contributed by atoms with Crippen LogP contribution in [-0.2, 0) is 0 Å². The first-order valence-electron chi connectivity index (χ1n) is 5.64. The molecule has 0 aliphatic heterocycles. The molecule has 3 heteroatoms. The molecule has 0 spiro atoms. The van der Waals surface area contributed by atoms with Gasteiger partial charge < -0.3 is 0 Å². The van der Waals surface area contributed by atoms with E-state index in [1.165, 1.54) is 16.9 Å². The van der Waals surface area contributed by atoms with Crippen LogP contribution in [0.3, 0.4) is 0 Å². The third kappa shape index (κ3) is 2.44. The predicted molar refractivity (Wildman–Crippen MR) is 71.8 cm³/mol. The number of aldehydes is 1. The van der Waals surface area contributed by atoms with Gasteiger partial charge in [0.2, 0.25) is 0 Å². The molecule has 1 aromatic heterocycles. The Balaban J connectivity index is 2.42. The SMILES string of the molecule is Cc1nc(-c2ccc(C(C)C)cc2)c(C=O)s1. The van der Waals surface area contributed by atoms with Crippen LogP contribution in [-0.4, -0.2) is 11.3 Å². The Morgan fingerprint density at radius 1 is 1.24 bits per heavy atom. The topological polar surface area (TPSA) is 30.0 Å². The van der Waals surface area contributed by atoms with Crippen molar-refractivity contribution in [3.8, 4) is 11.3 Å². The van der Waals surface area contributed by atoms with E-state index in [1.807, 2.05) is 19.1 Å². The summed E-state index contributed by atoms with van der Waals surface area (Å²) in [6.07, 6.45) is 0.885.